The van der Waals surface area contributed by atoms with E-state index in [1.165, 1.54) is 6.07 Å². The lowest BCUT2D eigenvalue weighted by molar-refractivity contribution is -0.152. The van der Waals surface area contributed by atoms with E-state index in [0.717, 1.165) is 32.0 Å². The van der Waals surface area contributed by atoms with Crippen LogP contribution in [0.5, 0.6) is 0 Å². The van der Waals surface area contributed by atoms with Gasteiger partial charge in [0.15, 0.2) is 0 Å². The van der Waals surface area contributed by atoms with Gasteiger partial charge in [0, 0.05) is 0 Å². The van der Waals surface area contributed by atoms with Gasteiger partial charge in [-0.05, 0) is 25.5 Å². The number of hydrogen-bond donors (Lipinski definition) is 1. The Morgan fingerprint density at radius 2 is 1.72 bits per heavy atom. The van der Waals surface area contributed by atoms with E-state index >= 15 is 0 Å². The SMILES string of the molecule is CC(C)(C(=O)O)C(F)c1ccccc1C(F)(F)F. The van der Waals surface area contributed by atoms with Crippen molar-refractivity contribution < 1.29 is 27.5 Å². The number of alkyl halides is 4. The van der Waals surface area contributed by atoms with Crippen molar-refractivity contribution in [3.8, 4) is 0 Å². The summed E-state index contributed by atoms with van der Waals surface area (Å²) >= 11 is 0. The minimum atomic E-state index is -4.71. The molecule has 1 aromatic rings. The van der Waals surface area contributed by atoms with Gasteiger partial charge in [-0.25, -0.2) is 4.39 Å². The van der Waals surface area contributed by atoms with Crippen LogP contribution in [-0.4, -0.2) is 11.1 Å². The third kappa shape index (κ3) is 2.63. The summed E-state index contributed by atoms with van der Waals surface area (Å²) in [5.41, 5.74) is -3.73. The zero-order chi connectivity index (χ0) is 14.1. The lowest BCUT2D eigenvalue weighted by Gasteiger charge is -2.26. The molecule has 1 rings (SSSR count). The number of aliphatic carboxylic acids is 1. The Hall–Kier alpha value is -1.59. The molecule has 100 valence electrons. The number of hydrogen-bond acceptors (Lipinski definition) is 1. The van der Waals surface area contributed by atoms with Crippen LogP contribution in [0.25, 0.3) is 0 Å². The van der Waals surface area contributed by atoms with Gasteiger partial charge in [-0.1, -0.05) is 18.2 Å². The summed E-state index contributed by atoms with van der Waals surface area (Å²) in [6.07, 6.45) is -6.96. The van der Waals surface area contributed by atoms with Crippen LogP contribution in [-0.2, 0) is 11.0 Å². The predicted molar refractivity (Wildman–Crippen MR) is 56.7 cm³/mol. The second kappa shape index (κ2) is 4.59. The molecule has 0 spiro atoms. The molecule has 0 radical (unpaired) electrons. The van der Waals surface area contributed by atoms with E-state index < -0.39 is 34.9 Å². The zero-order valence-corrected chi connectivity index (χ0v) is 9.75. The minimum Gasteiger partial charge on any atom is -0.481 e. The van der Waals surface area contributed by atoms with E-state index in [0.29, 0.717) is 0 Å². The van der Waals surface area contributed by atoms with E-state index in [9.17, 15) is 22.4 Å². The minimum absolute atomic E-state index is 0.655. The Bertz CT molecular complexity index is 452. The van der Waals surface area contributed by atoms with Gasteiger partial charge in [-0.2, -0.15) is 13.2 Å². The van der Waals surface area contributed by atoms with Gasteiger partial charge in [-0.15, -0.1) is 0 Å². The predicted octanol–water partition coefficient (Wildman–Crippen LogP) is 3.83. The second-order valence-corrected chi connectivity index (χ2v) is 4.47. The first-order valence-electron chi connectivity index (χ1n) is 5.12. The van der Waals surface area contributed by atoms with Crippen molar-refractivity contribution in [2.24, 2.45) is 5.41 Å². The maximum Gasteiger partial charge on any atom is 0.416 e. The molecule has 1 atom stereocenters. The Balaban J connectivity index is 3.31. The lowest BCUT2D eigenvalue weighted by atomic mass is 9.82. The summed E-state index contributed by atoms with van der Waals surface area (Å²) in [4.78, 5) is 10.9. The first-order chi connectivity index (χ1) is 8.08. The first kappa shape index (κ1) is 14.5. The molecule has 1 aromatic carbocycles. The van der Waals surface area contributed by atoms with Crippen LogP contribution in [0, 0.1) is 5.41 Å². The normalized spacial score (nSPS) is 14.3. The van der Waals surface area contributed by atoms with Crippen molar-refractivity contribution in [3.05, 3.63) is 35.4 Å². The summed E-state index contributed by atoms with van der Waals surface area (Å²) in [7, 11) is 0. The van der Waals surface area contributed by atoms with Crippen molar-refractivity contribution in [2.45, 2.75) is 26.2 Å². The third-order valence-electron chi connectivity index (χ3n) is 2.72. The van der Waals surface area contributed by atoms with Gasteiger partial charge in [0.2, 0.25) is 0 Å². The molecule has 0 aromatic heterocycles. The van der Waals surface area contributed by atoms with Gasteiger partial charge in [0.05, 0.1) is 11.0 Å². The van der Waals surface area contributed by atoms with E-state index in [2.05, 4.69) is 0 Å². The second-order valence-electron chi connectivity index (χ2n) is 4.47. The Kier molecular flexibility index (Phi) is 3.69. The number of halogens is 4. The topological polar surface area (TPSA) is 37.3 Å². The highest BCUT2D eigenvalue weighted by Crippen LogP contribution is 2.42. The van der Waals surface area contributed by atoms with Gasteiger partial charge in [-0.3, -0.25) is 4.79 Å². The molecule has 1 N–H and O–H groups in total. The molecule has 0 saturated carbocycles. The molecule has 6 heteroatoms. The molecule has 2 nitrogen and oxygen atoms in total. The van der Waals surface area contributed by atoms with Gasteiger partial charge >= 0.3 is 12.1 Å². The fourth-order valence-electron chi connectivity index (χ4n) is 1.47. The van der Waals surface area contributed by atoms with E-state index in [-0.39, 0.29) is 0 Å². The van der Waals surface area contributed by atoms with Crippen LogP contribution in [0.2, 0.25) is 0 Å². The molecule has 1 unspecified atom stereocenters. The Morgan fingerprint density at radius 1 is 1.22 bits per heavy atom. The van der Waals surface area contributed by atoms with E-state index in [4.69, 9.17) is 5.11 Å². The number of carboxylic acids is 1. The summed E-state index contributed by atoms with van der Waals surface area (Å²) in [5, 5.41) is 8.85. The van der Waals surface area contributed by atoms with E-state index in [1.54, 1.807) is 0 Å². The van der Waals surface area contributed by atoms with Crippen molar-refractivity contribution in [2.75, 3.05) is 0 Å². The molecule has 0 aliphatic heterocycles. The summed E-state index contributed by atoms with van der Waals surface area (Å²) in [5.74, 6) is -1.49. The number of carbonyl (C=O) groups is 1. The maximum absolute atomic E-state index is 14.1. The monoisotopic (exact) mass is 264 g/mol. The summed E-state index contributed by atoms with van der Waals surface area (Å²) < 4.78 is 52.1. The molecule has 0 fully saturated rings. The quantitative estimate of drug-likeness (QED) is 0.842. The average Bonchev–Trinajstić information content (AvgIpc) is 2.26. The van der Waals surface area contributed by atoms with E-state index in [1.807, 2.05) is 0 Å². The average molecular weight is 264 g/mol. The van der Waals surface area contributed by atoms with Gasteiger partial charge < -0.3 is 5.11 Å². The molecule has 0 aliphatic carbocycles. The van der Waals surface area contributed by atoms with Gasteiger partial charge in [0.1, 0.15) is 6.17 Å². The fourth-order valence-corrected chi connectivity index (χ4v) is 1.47. The van der Waals surface area contributed by atoms with Crippen LogP contribution in [0.4, 0.5) is 17.6 Å². The molecule has 0 saturated heterocycles. The summed E-state index contributed by atoms with van der Waals surface area (Å²) in [6, 6.07) is 4.07. The van der Waals surface area contributed by atoms with Crippen LogP contribution < -0.4 is 0 Å². The van der Waals surface area contributed by atoms with Gasteiger partial charge in [0.25, 0.3) is 0 Å². The maximum atomic E-state index is 14.1. The Labute approximate surface area is 101 Å². The van der Waals surface area contributed by atoms with Crippen LogP contribution >= 0.6 is 0 Å². The van der Waals surface area contributed by atoms with Crippen LogP contribution in [0.1, 0.15) is 31.1 Å². The third-order valence-corrected chi connectivity index (χ3v) is 2.72. The Morgan fingerprint density at radius 3 is 2.17 bits per heavy atom. The smallest absolute Gasteiger partial charge is 0.416 e. The molecule has 0 heterocycles. The molecule has 0 bridgehead atoms. The highest BCUT2D eigenvalue weighted by atomic mass is 19.4. The first-order valence-corrected chi connectivity index (χ1v) is 5.12. The standard InChI is InChI=1S/C12H12F4O2/c1-11(2,10(17)18)9(13)7-5-3-4-6-8(7)12(14,15)16/h3-6,9H,1-2H3,(H,17,18). The van der Waals surface area contributed by atoms with Crippen molar-refractivity contribution in [3.63, 3.8) is 0 Å². The molecule has 0 amide bonds. The van der Waals surface area contributed by atoms with Crippen molar-refractivity contribution in [1.29, 1.82) is 0 Å². The molecular weight excluding hydrogens is 252 g/mol. The number of rotatable bonds is 3. The van der Waals surface area contributed by atoms with Crippen LogP contribution in [0.3, 0.4) is 0 Å². The highest BCUT2D eigenvalue weighted by Gasteiger charge is 2.43. The van der Waals surface area contributed by atoms with Crippen molar-refractivity contribution >= 4 is 5.97 Å². The lowest BCUT2D eigenvalue weighted by Crippen LogP contribution is -2.30. The highest BCUT2D eigenvalue weighted by molar-refractivity contribution is 5.74. The zero-order valence-electron chi connectivity index (χ0n) is 9.75. The molecule has 0 aliphatic rings. The summed E-state index contributed by atoms with van der Waals surface area (Å²) in [6.45, 7) is 2.10. The largest absolute Gasteiger partial charge is 0.481 e. The fraction of sp³-hybridized carbons (Fsp3) is 0.417. The van der Waals surface area contributed by atoms with Crippen molar-refractivity contribution in [1.82, 2.24) is 0 Å². The van der Waals surface area contributed by atoms with Crippen LogP contribution in [0.15, 0.2) is 24.3 Å². The number of benzene rings is 1. The molecular formula is C12H12F4O2. The molecule has 18 heavy (non-hydrogen) atoms. The number of carboxylic acid groups (broad SMARTS) is 1.